The second-order valence-electron chi connectivity index (χ2n) is 9.22. The molecule has 0 aromatic heterocycles. The number of hydrogen-bond donors (Lipinski definition) is 1. The molecule has 164 valence electrons. The van der Waals surface area contributed by atoms with Crippen LogP contribution in [0, 0.1) is 5.92 Å². The van der Waals surface area contributed by atoms with E-state index in [1.807, 2.05) is 0 Å². The third-order valence-corrected chi connectivity index (χ3v) is 12.9. The average molecular weight is 439 g/mol. The SMILES string of the molecule is CCOP(=O)(C[C@H]1[C@@H]2O[C@@H]3O[C@H]1[C@@H](O[Si](C)(C)C(C)(C)C)[C@@H](O3)[C@H]2O)OCC. The molecule has 0 radical (unpaired) electrons. The van der Waals surface area contributed by atoms with Crippen molar-refractivity contribution in [1.82, 2.24) is 0 Å². The summed E-state index contributed by atoms with van der Waals surface area (Å²) in [6, 6.07) is 0. The Hall–Kier alpha value is 0.167. The van der Waals surface area contributed by atoms with Crippen LogP contribution in [0.5, 0.6) is 0 Å². The van der Waals surface area contributed by atoms with E-state index >= 15 is 0 Å². The van der Waals surface area contributed by atoms with E-state index in [9.17, 15) is 9.67 Å². The molecule has 1 saturated carbocycles. The normalized spacial score (nSPS) is 38.2. The average Bonchev–Trinajstić information content (AvgIpc) is 2.56. The van der Waals surface area contributed by atoms with E-state index in [2.05, 4.69) is 33.9 Å². The van der Waals surface area contributed by atoms with Gasteiger partial charge in [-0.1, -0.05) is 20.8 Å². The maximum atomic E-state index is 13.2. The lowest BCUT2D eigenvalue weighted by Crippen LogP contribution is -2.75. The molecule has 4 aliphatic rings. The Balaban J connectivity index is 1.87. The third kappa shape index (κ3) is 4.15. The summed E-state index contributed by atoms with van der Waals surface area (Å²) in [4.78, 5) is 0. The van der Waals surface area contributed by atoms with Gasteiger partial charge in [0.05, 0.1) is 31.6 Å². The van der Waals surface area contributed by atoms with Crippen LogP contribution in [0.15, 0.2) is 0 Å². The van der Waals surface area contributed by atoms with Crippen molar-refractivity contribution in [2.75, 3.05) is 19.4 Å². The first-order valence-corrected chi connectivity index (χ1v) is 14.8. The van der Waals surface area contributed by atoms with E-state index in [0.29, 0.717) is 0 Å². The summed E-state index contributed by atoms with van der Waals surface area (Å²) in [5.74, 6) is -0.370. The Labute approximate surface area is 168 Å². The van der Waals surface area contributed by atoms with Gasteiger partial charge >= 0.3 is 7.60 Å². The van der Waals surface area contributed by atoms with E-state index in [1.165, 1.54) is 0 Å². The van der Waals surface area contributed by atoms with Gasteiger partial charge in [0, 0.05) is 5.92 Å². The minimum atomic E-state index is -3.34. The van der Waals surface area contributed by atoms with Gasteiger partial charge in [-0.05, 0) is 32.0 Å². The Morgan fingerprint density at radius 1 is 1.00 bits per heavy atom. The molecule has 1 aliphatic carbocycles. The van der Waals surface area contributed by atoms with Gasteiger partial charge in [0.25, 0.3) is 6.48 Å². The van der Waals surface area contributed by atoms with Gasteiger partial charge < -0.3 is 32.8 Å². The number of ether oxygens (including phenoxy) is 3. The molecule has 10 heteroatoms. The summed E-state index contributed by atoms with van der Waals surface area (Å²) < 4.78 is 48.2. The summed E-state index contributed by atoms with van der Waals surface area (Å²) in [6.45, 7) is 14.1. The van der Waals surface area contributed by atoms with E-state index in [1.54, 1.807) is 13.8 Å². The fraction of sp³-hybridized carbons (Fsp3) is 1.00. The Morgan fingerprint density at radius 3 is 2.07 bits per heavy atom. The zero-order valence-electron chi connectivity index (χ0n) is 17.9. The van der Waals surface area contributed by atoms with Crippen LogP contribution in [0.2, 0.25) is 18.1 Å². The Bertz CT molecular complexity index is 599. The molecule has 4 rings (SSSR count). The topological polar surface area (TPSA) is 92.7 Å². The largest absolute Gasteiger partial charge is 0.408 e. The van der Waals surface area contributed by atoms with Crippen molar-refractivity contribution >= 4 is 15.9 Å². The minimum absolute atomic E-state index is 0.00938. The number of hydrogen-bond acceptors (Lipinski definition) is 8. The number of aliphatic hydroxyl groups is 1. The number of aliphatic hydroxyl groups excluding tert-OH is 1. The van der Waals surface area contributed by atoms with Gasteiger partial charge in [0.1, 0.15) is 18.3 Å². The van der Waals surface area contributed by atoms with Crippen molar-refractivity contribution in [1.29, 1.82) is 0 Å². The van der Waals surface area contributed by atoms with Gasteiger partial charge in [-0.2, -0.15) is 0 Å². The molecule has 4 bridgehead atoms. The van der Waals surface area contributed by atoms with Crippen molar-refractivity contribution in [3.8, 4) is 0 Å². The molecule has 0 amide bonds. The highest BCUT2D eigenvalue weighted by Crippen LogP contribution is 2.55. The first-order valence-electron chi connectivity index (χ1n) is 10.1. The fourth-order valence-corrected chi connectivity index (χ4v) is 7.21. The summed E-state index contributed by atoms with van der Waals surface area (Å²) in [5, 5.41) is 10.9. The number of rotatable bonds is 8. The fourth-order valence-electron chi connectivity index (χ4n) is 3.90. The van der Waals surface area contributed by atoms with Crippen molar-refractivity contribution in [3.63, 3.8) is 0 Å². The lowest BCUT2D eigenvalue weighted by atomic mass is 9.77. The molecule has 0 aromatic rings. The predicted octanol–water partition coefficient (Wildman–Crippen LogP) is 3.10. The van der Waals surface area contributed by atoms with Crippen LogP contribution < -0.4 is 0 Å². The highest BCUT2D eigenvalue weighted by atomic mass is 31.2. The van der Waals surface area contributed by atoms with Crippen LogP contribution in [0.4, 0.5) is 0 Å². The van der Waals surface area contributed by atoms with Crippen LogP contribution in [-0.2, 0) is 32.2 Å². The highest BCUT2D eigenvalue weighted by molar-refractivity contribution is 7.53. The maximum Gasteiger partial charge on any atom is 0.331 e. The van der Waals surface area contributed by atoms with Gasteiger partial charge in [-0.15, -0.1) is 0 Å². The van der Waals surface area contributed by atoms with Gasteiger partial charge in [0.15, 0.2) is 8.32 Å². The lowest BCUT2D eigenvalue weighted by Gasteiger charge is -2.60. The molecule has 0 spiro atoms. The summed E-state index contributed by atoms with van der Waals surface area (Å²) in [7, 11) is -5.50. The highest BCUT2D eigenvalue weighted by Gasteiger charge is 2.64. The van der Waals surface area contributed by atoms with E-state index in [0.717, 1.165) is 0 Å². The standard InChI is InChI=1S/C18H35O8PSi/c1-8-21-27(20,22-9-2)10-11-13-12(19)15-16(14(11)24-17(23-13)25-15)26-28(6,7)18(3,4)5/h11-17,19H,8-10H2,1-7H3/t11-,12-,13-,14+,15-,16+,17+/m0/s1. The van der Waals surface area contributed by atoms with E-state index in [4.69, 9.17) is 27.7 Å². The molecule has 3 heterocycles. The van der Waals surface area contributed by atoms with Crippen molar-refractivity contribution in [2.24, 2.45) is 5.92 Å². The third-order valence-electron chi connectivity index (χ3n) is 6.29. The van der Waals surface area contributed by atoms with Gasteiger partial charge in [0.2, 0.25) is 0 Å². The van der Waals surface area contributed by atoms with Crippen LogP contribution in [0.3, 0.4) is 0 Å². The van der Waals surface area contributed by atoms with Crippen molar-refractivity contribution < 1.29 is 37.4 Å². The zero-order chi connectivity index (χ0) is 20.9. The smallest absolute Gasteiger partial charge is 0.331 e. The molecule has 0 aromatic carbocycles. The lowest BCUT2D eigenvalue weighted by molar-refractivity contribution is -0.473. The molecule has 8 nitrogen and oxygen atoms in total. The summed E-state index contributed by atoms with van der Waals surface area (Å²) >= 11 is 0. The molecule has 0 unspecified atom stereocenters. The zero-order valence-corrected chi connectivity index (χ0v) is 19.8. The molecule has 4 fully saturated rings. The molecule has 3 aliphatic heterocycles. The minimum Gasteiger partial charge on any atom is -0.408 e. The second kappa shape index (κ2) is 8.02. The summed E-state index contributed by atoms with van der Waals surface area (Å²) in [5.41, 5.74) is 0. The monoisotopic (exact) mass is 438 g/mol. The van der Waals surface area contributed by atoms with Crippen LogP contribution >= 0.6 is 7.60 Å². The van der Waals surface area contributed by atoms with Crippen LogP contribution in [0.25, 0.3) is 0 Å². The molecular formula is C18H35O8PSi. The van der Waals surface area contributed by atoms with Crippen molar-refractivity contribution in [2.45, 2.75) is 89.7 Å². The molecule has 3 saturated heterocycles. The van der Waals surface area contributed by atoms with Crippen LogP contribution in [0.1, 0.15) is 34.6 Å². The molecular weight excluding hydrogens is 403 g/mol. The van der Waals surface area contributed by atoms with Crippen molar-refractivity contribution in [3.05, 3.63) is 0 Å². The van der Waals surface area contributed by atoms with E-state index < -0.39 is 52.9 Å². The van der Waals surface area contributed by atoms with Gasteiger partial charge in [-0.25, -0.2) is 0 Å². The Morgan fingerprint density at radius 2 is 1.54 bits per heavy atom. The summed E-state index contributed by atoms with van der Waals surface area (Å²) in [6.07, 6.45) is -2.68. The van der Waals surface area contributed by atoms with Gasteiger partial charge in [-0.3, -0.25) is 4.57 Å². The first kappa shape index (κ1) is 22.8. The molecule has 28 heavy (non-hydrogen) atoms. The van der Waals surface area contributed by atoms with E-state index in [-0.39, 0.29) is 30.3 Å². The van der Waals surface area contributed by atoms with Crippen LogP contribution in [-0.4, -0.2) is 69.8 Å². The first-order chi connectivity index (χ1) is 12.9. The maximum absolute atomic E-state index is 13.2. The molecule has 1 N–H and O–H groups in total. The quantitative estimate of drug-likeness (QED) is 0.457. The Kier molecular flexibility index (Phi) is 6.54. The second-order valence-corrected chi connectivity index (χ2v) is 16.1. The molecule has 7 atom stereocenters. The predicted molar refractivity (Wildman–Crippen MR) is 106 cm³/mol.